The summed E-state index contributed by atoms with van der Waals surface area (Å²) in [5, 5.41) is 3.07. The topological polar surface area (TPSA) is 136 Å². The van der Waals surface area contributed by atoms with Crippen molar-refractivity contribution in [3.63, 3.8) is 0 Å². The van der Waals surface area contributed by atoms with Gasteiger partial charge in [0.1, 0.15) is 17.2 Å². The van der Waals surface area contributed by atoms with Crippen LogP contribution in [0.2, 0.25) is 0 Å². The Bertz CT molecular complexity index is 1830. The van der Waals surface area contributed by atoms with Crippen molar-refractivity contribution in [1.29, 1.82) is 0 Å². The summed E-state index contributed by atoms with van der Waals surface area (Å²) in [5.41, 5.74) is 2.90. The Labute approximate surface area is 285 Å². The molecule has 0 aliphatic carbocycles. The van der Waals surface area contributed by atoms with Crippen LogP contribution in [0.3, 0.4) is 0 Å². The van der Waals surface area contributed by atoms with Gasteiger partial charge in [-0.25, -0.2) is 9.97 Å². The lowest BCUT2D eigenvalue weighted by atomic mass is 10.00. The molecule has 0 unspecified atom stereocenters. The smallest absolute Gasteiger partial charge is 0.257 e. The molecule has 254 valence electrons. The number of benzene rings is 2. The summed E-state index contributed by atoms with van der Waals surface area (Å²) in [7, 11) is 1.58. The van der Waals surface area contributed by atoms with Crippen LogP contribution in [0.15, 0.2) is 73.2 Å². The average Bonchev–Trinajstić information content (AvgIpc) is 3.09. The lowest BCUT2D eigenvalue weighted by Crippen LogP contribution is -2.57. The number of hydrogen-bond donors (Lipinski definition) is 1. The molecule has 0 radical (unpaired) electrons. The van der Waals surface area contributed by atoms with Crippen molar-refractivity contribution in [3.8, 4) is 28.6 Å². The zero-order chi connectivity index (χ0) is 34.5. The average molecular weight is 665 g/mol. The first-order valence-electron chi connectivity index (χ1n) is 16.4. The van der Waals surface area contributed by atoms with Gasteiger partial charge in [0, 0.05) is 55.9 Å². The van der Waals surface area contributed by atoms with Crippen LogP contribution in [0.5, 0.6) is 17.2 Å². The van der Waals surface area contributed by atoms with Crippen molar-refractivity contribution in [2.45, 2.75) is 45.9 Å². The number of hydrogen-bond acceptors (Lipinski definition) is 9. The standard InChI is InChI=1S/C37H40N6O6/c1-23(2)21-47-29-14-27-15-30(16-29)49-28-9-5-7-25(13-28)22-48-33-19-43(12-10-32(33)41-34(44)20-42(4)36(27)45)37(46)31-18-39-35(40-24(31)3)26-8-6-11-38-17-26/h5-9,11,13-18,23,32-33H,10,12,19-22H2,1-4H3,(H,41,44)/t32-,33-/m0/s1. The van der Waals surface area contributed by atoms with Crippen LogP contribution in [0.4, 0.5) is 0 Å². The second-order valence-corrected chi connectivity index (χ2v) is 12.8. The lowest BCUT2D eigenvalue weighted by Gasteiger charge is -2.39. The number of nitrogens with one attached hydrogen (secondary N) is 1. The highest BCUT2D eigenvalue weighted by atomic mass is 16.5. The van der Waals surface area contributed by atoms with E-state index >= 15 is 0 Å². The number of aryl methyl sites for hydroxylation is 1. The Balaban J connectivity index is 1.24. The summed E-state index contributed by atoms with van der Waals surface area (Å²) in [6.07, 6.45) is 4.83. The minimum Gasteiger partial charge on any atom is -0.493 e. The Morgan fingerprint density at radius 2 is 1.92 bits per heavy atom. The number of piperidine rings is 1. The van der Waals surface area contributed by atoms with Crippen LogP contribution in [0.1, 0.15) is 52.2 Å². The van der Waals surface area contributed by atoms with Crippen LogP contribution in [-0.4, -0.2) is 87.9 Å². The number of amides is 3. The Morgan fingerprint density at radius 1 is 1.06 bits per heavy atom. The van der Waals surface area contributed by atoms with Gasteiger partial charge in [-0.1, -0.05) is 26.0 Å². The van der Waals surface area contributed by atoms with Crippen molar-refractivity contribution in [1.82, 2.24) is 30.1 Å². The van der Waals surface area contributed by atoms with Gasteiger partial charge >= 0.3 is 0 Å². The van der Waals surface area contributed by atoms with E-state index in [1.54, 1.807) is 55.7 Å². The third-order valence-electron chi connectivity index (χ3n) is 8.36. The quantitative estimate of drug-likeness (QED) is 0.323. The molecule has 4 heterocycles. The zero-order valence-corrected chi connectivity index (χ0v) is 28.1. The molecule has 1 fully saturated rings. The van der Waals surface area contributed by atoms with Crippen molar-refractivity contribution in [3.05, 3.63) is 95.6 Å². The largest absolute Gasteiger partial charge is 0.493 e. The van der Waals surface area contributed by atoms with E-state index in [4.69, 9.17) is 14.2 Å². The van der Waals surface area contributed by atoms with Crippen molar-refractivity contribution < 1.29 is 28.6 Å². The van der Waals surface area contributed by atoms with Gasteiger partial charge in [-0.2, -0.15) is 0 Å². The predicted molar refractivity (Wildman–Crippen MR) is 181 cm³/mol. The van der Waals surface area contributed by atoms with Gasteiger partial charge in [0.05, 0.1) is 43.2 Å². The molecular weight excluding hydrogens is 624 g/mol. The normalized spacial score (nSPS) is 18.4. The number of ether oxygens (including phenoxy) is 3. The van der Waals surface area contributed by atoms with Crippen molar-refractivity contribution in [2.75, 3.05) is 33.3 Å². The van der Waals surface area contributed by atoms with E-state index in [9.17, 15) is 14.4 Å². The molecule has 2 atom stereocenters. The van der Waals surface area contributed by atoms with Gasteiger partial charge in [-0.05, 0) is 61.2 Å². The zero-order valence-electron chi connectivity index (χ0n) is 28.1. The maximum absolute atomic E-state index is 13.8. The molecule has 1 N–H and O–H groups in total. The van der Waals surface area contributed by atoms with Crippen molar-refractivity contribution >= 4 is 17.7 Å². The molecule has 6 rings (SSSR count). The fourth-order valence-electron chi connectivity index (χ4n) is 5.81. The van der Waals surface area contributed by atoms with E-state index in [1.807, 2.05) is 50.2 Å². The van der Waals surface area contributed by atoms with Gasteiger partial charge in [-0.3, -0.25) is 19.4 Å². The van der Waals surface area contributed by atoms with E-state index < -0.39 is 12.1 Å². The summed E-state index contributed by atoms with van der Waals surface area (Å²) >= 11 is 0. The molecule has 49 heavy (non-hydrogen) atoms. The fourth-order valence-corrected chi connectivity index (χ4v) is 5.81. The number of aromatic nitrogens is 3. The molecule has 3 amide bonds. The predicted octanol–water partition coefficient (Wildman–Crippen LogP) is 4.68. The number of rotatable bonds is 5. The van der Waals surface area contributed by atoms with Crippen molar-refractivity contribution in [2.24, 2.45) is 5.92 Å². The first-order chi connectivity index (χ1) is 23.6. The van der Waals surface area contributed by atoms with Crippen LogP contribution < -0.4 is 14.8 Å². The minimum absolute atomic E-state index is 0.170. The molecule has 2 aromatic carbocycles. The summed E-state index contributed by atoms with van der Waals surface area (Å²) in [4.78, 5) is 56.8. The number of likely N-dealkylation sites (N-methyl/N-ethyl adjacent to an activating group) is 1. The number of carbonyl (C=O) groups excluding carboxylic acids is 3. The summed E-state index contributed by atoms with van der Waals surface area (Å²) in [5.74, 6) is 1.38. The second-order valence-electron chi connectivity index (χ2n) is 12.8. The Kier molecular flexibility index (Phi) is 10.1. The maximum atomic E-state index is 13.8. The summed E-state index contributed by atoms with van der Waals surface area (Å²) < 4.78 is 18.6. The monoisotopic (exact) mass is 664 g/mol. The summed E-state index contributed by atoms with van der Waals surface area (Å²) in [6.45, 7) is 7.02. The van der Waals surface area contributed by atoms with Crippen LogP contribution in [0, 0.1) is 12.8 Å². The van der Waals surface area contributed by atoms with Crippen LogP contribution >= 0.6 is 0 Å². The molecule has 1 saturated heterocycles. The molecule has 4 aromatic rings. The summed E-state index contributed by atoms with van der Waals surface area (Å²) in [6, 6.07) is 15.8. The third kappa shape index (κ3) is 8.21. The number of pyridine rings is 1. The molecule has 0 saturated carbocycles. The third-order valence-corrected chi connectivity index (χ3v) is 8.36. The van der Waals surface area contributed by atoms with E-state index in [-0.39, 0.29) is 43.3 Å². The van der Waals surface area contributed by atoms with Crippen LogP contribution in [-0.2, 0) is 16.1 Å². The number of nitrogens with zero attached hydrogens (tertiary/aromatic N) is 5. The number of fused-ring (bicyclic) bond motifs is 5. The van der Waals surface area contributed by atoms with Gasteiger partial charge < -0.3 is 29.3 Å². The van der Waals surface area contributed by atoms with E-state index in [1.165, 1.54) is 4.90 Å². The molecular formula is C37H40N6O6. The second kappa shape index (κ2) is 14.8. The van der Waals surface area contributed by atoms with Gasteiger partial charge in [0.15, 0.2) is 5.82 Å². The highest BCUT2D eigenvalue weighted by Gasteiger charge is 2.35. The molecule has 0 spiro atoms. The van der Waals surface area contributed by atoms with Gasteiger partial charge in [0.25, 0.3) is 11.8 Å². The Morgan fingerprint density at radius 3 is 2.69 bits per heavy atom. The Hall–Kier alpha value is -5.36. The minimum atomic E-state index is -0.524. The molecule has 12 heteroatoms. The number of likely N-dealkylation sites (tertiary alicyclic amines) is 1. The number of carbonyl (C=O) groups is 3. The van der Waals surface area contributed by atoms with Crippen LogP contribution in [0.25, 0.3) is 11.4 Å². The fraction of sp³-hybridized carbons (Fsp3) is 0.351. The lowest BCUT2D eigenvalue weighted by molar-refractivity contribution is -0.124. The first kappa shape index (κ1) is 33.5. The molecule has 4 bridgehead atoms. The molecule has 2 aliphatic heterocycles. The highest BCUT2D eigenvalue weighted by Crippen LogP contribution is 2.30. The van der Waals surface area contributed by atoms with E-state index in [0.29, 0.717) is 59.5 Å². The SMILES string of the molecule is Cc1nc(-c2cccnc2)ncc1C(=O)N1CC[C@@H]2NC(=O)CN(C)C(=O)c3cc(OCC(C)C)cc(c3)Oc3cccc(c3)CO[C@H]2C1. The highest BCUT2D eigenvalue weighted by molar-refractivity contribution is 5.97. The van der Waals surface area contributed by atoms with E-state index in [0.717, 1.165) is 11.1 Å². The molecule has 12 nitrogen and oxygen atoms in total. The first-order valence-corrected chi connectivity index (χ1v) is 16.4. The molecule has 2 aromatic heterocycles. The van der Waals surface area contributed by atoms with E-state index in [2.05, 4.69) is 20.3 Å². The van der Waals surface area contributed by atoms with Gasteiger partial charge in [0.2, 0.25) is 5.91 Å². The van der Waals surface area contributed by atoms with Gasteiger partial charge in [-0.15, -0.1) is 0 Å². The maximum Gasteiger partial charge on any atom is 0.257 e. The molecule has 2 aliphatic rings.